The van der Waals surface area contributed by atoms with E-state index in [1.807, 2.05) is 24.3 Å². The monoisotopic (exact) mass is 407 g/mol. The minimum absolute atomic E-state index is 0.174. The molecule has 30 heavy (non-hydrogen) atoms. The number of aromatic carboxylic acids is 1. The normalized spacial score (nSPS) is 19.6. The number of carboxylic acids is 1. The number of nitrogens with one attached hydrogen (secondary N) is 1. The van der Waals surface area contributed by atoms with Crippen molar-refractivity contribution >= 4 is 23.3 Å². The van der Waals surface area contributed by atoms with E-state index in [9.17, 15) is 14.7 Å². The molecule has 0 spiro atoms. The van der Waals surface area contributed by atoms with E-state index in [1.165, 1.54) is 32.4 Å². The Labute approximate surface area is 177 Å². The van der Waals surface area contributed by atoms with E-state index in [0.29, 0.717) is 17.2 Å². The third-order valence-corrected chi connectivity index (χ3v) is 6.10. The van der Waals surface area contributed by atoms with Gasteiger partial charge in [0, 0.05) is 25.2 Å². The summed E-state index contributed by atoms with van der Waals surface area (Å²) in [6.45, 7) is 5.36. The topological polar surface area (TPSA) is 72.9 Å². The zero-order chi connectivity index (χ0) is 20.9. The van der Waals surface area contributed by atoms with Crippen LogP contribution in [0.15, 0.2) is 48.5 Å². The molecule has 2 aromatic carbocycles. The van der Waals surface area contributed by atoms with E-state index in [0.717, 1.165) is 31.7 Å². The molecule has 0 aliphatic carbocycles. The van der Waals surface area contributed by atoms with Gasteiger partial charge in [-0.25, -0.2) is 4.79 Å². The number of likely N-dealkylation sites (tertiary alicyclic amines) is 1. The Kier molecular flexibility index (Phi) is 6.33. The second-order valence-corrected chi connectivity index (χ2v) is 8.32. The predicted molar refractivity (Wildman–Crippen MR) is 118 cm³/mol. The van der Waals surface area contributed by atoms with Crippen molar-refractivity contribution in [2.75, 3.05) is 42.9 Å². The zero-order valence-corrected chi connectivity index (χ0v) is 17.2. The van der Waals surface area contributed by atoms with Crippen molar-refractivity contribution in [2.45, 2.75) is 25.7 Å². The molecule has 2 fully saturated rings. The van der Waals surface area contributed by atoms with Crippen LogP contribution in [0.4, 0.5) is 11.4 Å². The fourth-order valence-electron chi connectivity index (χ4n) is 4.59. The molecule has 2 N–H and O–H groups in total. The summed E-state index contributed by atoms with van der Waals surface area (Å²) in [7, 11) is 0. The zero-order valence-electron chi connectivity index (χ0n) is 17.2. The van der Waals surface area contributed by atoms with Crippen LogP contribution < -0.4 is 10.2 Å². The van der Waals surface area contributed by atoms with Gasteiger partial charge in [-0.2, -0.15) is 0 Å². The standard InChI is InChI=1S/C24H29N3O3/c28-23(19-8-2-1-3-9-19)25-21-15-20(24(29)30)10-11-22(21)27-14-6-7-18(17-27)16-26-12-4-5-13-26/h1-3,8-11,15,18H,4-7,12-14,16-17H2,(H,25,28)(H,29,30)/t18-/m1/s1. The predicted octanol–water partition coefficient (Wildman–Crippen LogP) is 3.95. The second-order valence-electron chi connectivity index (χ2n) is 8.32. The maximum Gasteiger partial charge on any atom is 0.335 e. The number of rotatable bonds is 6. The number of piperidine rings is 1. The van der Waals surface area contributed by atoms with Gasteiger partial charge < -0.3 is 20.2 Å². The number of carbonyl (C=O) groups excluding carboxylic acids is 1. The molecule has 4 rings (SSSR count). The fourth-order valence-corrected chi connectivity index (χ4v) is 4.59. The van der Waals surface area contributed by atoms with E-state index in [1.54, 1.807) is 24.3 Å². The highest BCUT2D eigenvalue weighted by Crippen LogP contribution is 2.32. The molecule has 2 aromatic rings. The number of carbonyl (C=O) groups is 2. The average Bonchev–Trinajstić information content (AvgIpc) is 3.27. The Balaban J connectivity index is 1.55. The Morgan fingerprint density at radius 1 is 0.967 bits per heavy atom. The largest absolute Gasteiger partial charge is 0.478 e. The highest BCUT2D eigenvalue weighted by Gasteiger charge is 2.25. The molecular formula is C24H29N3O3. The molecule has 2 heterocycles. The fraction of sp³-hybridized carbons (Fsp3) is 0.417. The molecule has 0 unspecified atom stereocenters. The average molecular weight is 408 g/mol. The van der Waals surface area contributed by atoms with Crippen molar-refractivity contribution in [2.24, 2.45) is 5.92 Å². The first-order chi connectivity index (χ1) is 14.6. The Bertz CT molecular complexity index is 894. The SMILES string of the molecule is O=C(O)c1ccc(N2CCC[C@H](CN3CCCC3)C2)c(NC(=O)c2ccccc2)c1. The van der Waals surface area contributed by atoms with Crippen molar-refractivity contribution in [3.05, 3.63) is 59.7 Å². The Morgan fingerprint density at radius 2 is 1.73 bits per heavy atom. The first kappa shape index (κ1) is 20.4. The third kappa shape index (κ3) is 4.82. The van der Waals surface area contributed by atoms with Gasteiger partial charge in [0.25, 0.3) is 5.91 Å². The van der Waals surface area contributed by atoms with Crippen molar-refractivity contribution in [3.63, 3.8) is 0 Å². The lowest BCUT2D eigenvalue weighted by molar-refractivity contribution is 0.0696. The molecule has 1 atom stereocenters. The summed E-state index contributed by atoms with van der Waals surface area (Å²) in [5.41, 5.74) is 2.18. The van der Waals surface area contributed by atoms with Crippen LogP contribution >= 0.6 is 0 Å². The third-order valence-electron chi connectivity index (χ3n) is 6.10. The van der Waals surface area contributed by atoms with Gasteiger partial charge in [-0.15, -0.1) is 0 Å². The highest BCUT2D eigenvalue weighted by molar-refractivity contribution is 6.06. The number of hydrogen-bond acceptors (Lipinski definition) is 4. The number of carboxylic acid groups (broad SMARTS) is 1. The number of hydrogen-bond donors (Lipinski definition) is 2. The van der Waals surface area contributed by atoms with E-state index in [-0.39, 0.29) is 11.5 Å². The molecule has 0 bridgehead atoms. The van der Waals surface area contributed by atoms with E-state index in [4.69, 9.17) is 0 Å². The van der Waals surface area contributed by atoms with Crippen LogP contribution in [0.5, 0.6) is 0 Å². The summed E-state index contributed by atoms with van der Waals surface area (Å²) in [6.07, 6.45) is 4.91. The van der Waals surface area contributed by atoms with E-state index >= 15 is 0 Å². The van der Waals surface area contributed by atoms with Crippen LogP contribution in [0.1, 0.15) is 46.4 Å². The van der Waals surface area contributed by atoms with Crippen LogP contribution in [0, 0.1) is 5.92 Å². The van der Waals surface area contributed by atoms with Gasteiger partial charge in [0.1, 0.15) is 0 Å². The lowest BCUT2D eigenvalue weighted by Crippen LogP contribution is -2.40. The quantitative estimate of drug-likeness (QED) is 0.759. The first-order valence-corrected chi connectivity index (χ1v) is 10.8. The smallest absolute Gasteiger partial charge is 0.335 e. The number of nitrogens with zero attached hydrogens (tertiary/aromatic N) is 2. The molecular weight excluding hydrogens is 378 g/mol. The van der Waals surface area contributed by atoms with Crippen molar-refractivity contribution in [1.82, 2.24) is 4.90 Å². The molecule has 0 radical (unpaired) electrons. The highest BCUT2D eigenvalue weighted by atomic mass is 16.4. The number of amides is 1. The Hall–Kier alpha value is -2.86. The van der Waals surface area contributed by atoms with Crippen LogP contribution in [0.2, 0.25) is 0 Å². The van der Waals surface area contributed by atoms with Crippen molar-refractivity contribution < 1.29 is 14.7 Å². The molecule has 0 saturated carbocycles. The maximum absolute atomic E-state index is 12.7. The summed E-state index contributed by atoms with van der Waals surface area (Å²) < 4.78 is 0. The summed E-state index contributed by atoms with van der Waals surface area (Å²) in [5.74, 6) is -0.638. The van der Waals surface area contributed by atoms with Gasteiger partial charge in [0.2, 0.25) is 0 Å². The second kappa shape index (κ2) is 9.30. The van der Waals surface area contributed by atoms with Gasteiger partial charge in [0.15, 0.2) is 0 Å². The summed E-state index contributed by atoms with van der Waals surface area (Å²) in [5, 5.41) is 12.4. The lowest BCUT2D eigenvalue weighted by Gasteiger charge is -2.37. The van der Waals surface area contributed by atoms with Gasteiger partial charge >= 0.3 is 5.97 Å². The molecule has 6 nitrogen and oxygen atoms in total. The van der Waals surface area contributed by atoms with Crippen LogP contribution in [0.25, 0.3) is 0 Å². The van der Waals surface area contributed by atoms with E-state index < -0.39 is 5.97 Å². The van der Waals surface area contributed by atoms with Crippen LogP contribution in [-0.2, 0) is 0 Å². The van der Waals surface area contributed by atoms with Crippen LogP contribution in [0.3, 0.4) is 0 Å². The van der Waals surface area contributed by atoms with Crippen molar-refractivity contribution in [1.29, 1.82) is 0 Å². The lowest BCUT2D eigenvalue weighted by atomic mass is 9.96. The summed E-state index contributed by atoms with van der Waals surface area (Å²) in [6, 6.07) is 14.0. The number of benzene rings is 2. The molecule has 0 aromatic heterocycles. The summed E-state index contributed by atoms with van der Waals surface area (Å²) >= 11 is 0. The first-order valence-electron chi connectivity index (χ1n) is 10.8. The van der Waals surface area contributed by atoms with Gasteiger partial charge in [-0.1, -0.05) is 18.2 Å². The molecule has 2 aliphatic heterocycles. The minimum atomic E-state index is -0.998. The van der Waals surface area contributed by atoms with Crippen molar-refractivity contribution in [3.8, 4) is 0 Å². The van der Waals surface area contributed by atoms with Gasteiger partial charge in [-0.3, -0.25) is 4.79 Å². The molecule has 158 valence electrons. The minimum Gasteiger partial charge on any atom is -0.478 e. The Morgan fingerprint density at radius 3 is 2.47 bits per heavy atom. The molecule has 2 saturated heterocycles. The summed E-state index contributed by atoms with van der Waals surface area (Å²) in [4.78, 5) is 29.1. The molecule has 2 aliphatic rings. The van der Waals surface area contributed by atoms with Gasteiger partial charge in [0.05, 0.1) is 16.9 Å². The number of anilines is 2. The maximum atomic E-state index is 12.7. The van der Waals surface area contributed by atoms with Gasteiger partial charge in [-0.05, 0) is 75.0 Å². The van der Waals surface area contributed by atoms with Crippen LogP contribution in [-0.4, -0.2) is 54.6 Å². The molecule has 6 heteroatoms. The van der Waals surface area contributed by atoms with E-state index in [2.05, 4.69) is 15.1 Å². The molecule has 1 amide bonds.